The second-order valence-corrected chi connectivity index (χ2v) is 6.57. The molecule has 7 nitrogen and oxygen atoms in total. The van der Waals surface area contributed by atoms with Gasteiger partial charge in [-0.2, -0.15) is 0 Å². The molecule has 1 aromatic carbocycles. The number of rotatable bonds is 5. The number of anilines is 1. The number of hydrogen-bond donors (Lipinski definition) is 1. The molecule has 1 amide bonds. The Morgan fingerprint density at radius 1 is 1.07 bits per heavy atom. The number of hydrogen-bond acceptors (Lipinski definition) is 6. The Morgan fingerprint density at radius 2 is 1.79 bits per heavy atom. The number of aryl methyl sites for hydroxylation is 1. The van der Waals surface area contributed by atoms with Crippen LogP contribution >= 0.6 is 0 Å². The lowest BCUT2D eigenvalue weighted by molar-refractivity contribution is -0.139. The Kier molecular flexibility index (Phi) is 5.63. The molecule has 1 aliphatic heterocycles. The molecule has 3 rings (SSSR count). The van der Waals surface area contributed by atoms with E-state index >= 15 is 0 Å². The first-order valence-corrected chi connectivity index (χ1v) is 8.92. The zero-order valence-electron chi connectivity index (χ0n) is 16.0. The van der Waals surface area contributed by atoms with Gasteiger partial charge in [-0.3, -0.25) is 4.79 Å². The van der Waals surface area contributed by atoms with Crippen molar-refractivity contribution >= 4 is 23.5 Å². The highest BCUT2D eigenvalue weighted by molar-refractivity contribution is 6.06. The van der Waals surface area contributed by atoms with Crippen molar-refractivity contribution in [2.24, 2.45) is 0 Å². The standard InChI is InChI=1S/C21H22N2O5/c1-13-7-8-14(19(24)22-15-9-10-15)12-17(13)23-11-5-4-6-16(20(25)27-2)18(23)21(26)28-3/h4-8,11-12,15H,9-10H2,1-3H3,(H,22,24). The number of carbonyl (C=O) groups is 3. The Bertz CT molecular complexity index is 909. The number of ether oxygens (including phenoxy) is 2. The fourth-order valence-electron chi connectivity index (χ4n) is 2.86. The molecule has 1 aliphatic carbocycles. The van der Waals surface area contributed by atoms with Gasteiger partial charge in [-0.05, 0) is 49.6 Å². The van der Waals surface area contributed by atoms with E-state index in [1.54, 1.807) is 41.5 Å². The summed E-state index contributed by atoms with van der Waals surface area (Å²) < 4.78 is 9.73. The summed E-state index contributed by atoms with van der Waals surface area (Å²) in [5.41, 5.74) is 1.96. The largest absolute Gasteiger partial charge is 0.465 e. The van der Waals surface area contributed by atoms with E-state index < -0.39 is 11.9 Å². The average molecular weight is 382 g/mol. The van der Waals surface area contributed by atoms with Gasteiger partial charge in [0.2, 0.25) is 0 Å². The summed E-state index contributed by atoms with van der Waals surface area (Å²) in [4.78, 5) is 38.8. The van der Waals surface area contributed by atoms with Crippen LogP contribution in [0.3, 0.4) is 0 Å². The van der Waals surface area contributed by atoms with Gasteiger partial charge in [-0.15, -0.1) is 0 Å². The molecule has 28 heavy (non-hydrogen) atoms. The van der Waals surface area contributed by atoms with E-state index in [0.717, 1.165) is 18.4 Å². The Labute approximate surface area is 163 Å². The van der Waals surface area contributed by atoms with Gasteiger partial charge < -0.3 is 19.7 Å². The van der Waals surface area contributed by atoms with Crippen LogP contribution in [0.1, 0.15) is 28.8 Å². The zero-order valence-corrected chi connectivity index (χ0v) is 16.0. The van der Waals surface area contributed by atoms with Gasteiger partial charge in [0.25, 0.3) is 5.91 Å². The first-order chi connectivity index (χ1) is 13.5. The maximum atomic E-state index is 12.5. The smallest absolute Gasteiger partial charge is 0.355 e. The Morgan fingerprint density at radius 3 is 2.43 bits per heavy atom. The van der Waals surface area contributed by atoms with Crippen LogP contribution in [0.2, 0.25) is 0 Å². The van der Waals surface area contributed by atoms with Gasteiger partial charge in [-0.25, -0.2) is 9.59 Å². The summed E-state index contributed by atoms with van der Waals surface area (Å²) in [6.45, 7) is 1.86. The molecule has 0 saturated heterocycles. The fraction of sp³-hybridized carbons (Fsp3) is 0.286. The molecule has 1 fully saturated rings. The maximum absolute atomic E-state index is 12.5. The van der Waals surface area contributed by atoms with Crippen molar-refractivity contribution in [2.75, 3.05) is 19.1 Å². The van der Waals surface area contributed by atoms with Gasteiger partial charge in [0.1, 0.15) is 5.70 Å². The van der Waals surface area contributed by atoms with Gasteiger partial charge in [-0.1, -0.05) is 12.1 Å². The number of carbonyl (C=O) groups excluding carboxylic acids is 3. The summed E-state index contributed by atoms with van der Waals surface area (Å²) in [5, 5.41) is 2.95. The molecule has 146 valence electrons. The van der Waals surface area contributed by atoms with Crippen LogP contribution in [0.25, 0.3) is 0 Å². The number of esters is 2. The van der Waals surface area contributed by atoms with E-state index in [1.165, 1.54) is 20.3 Å². The van der Waals surface area contributed by atoms with E-state index in [1.807, 2.05) is 6.92 Å². The summed E-state index contributed by atoms with van der Waals surface area (Å²) >= 11 is 0. The normalized spacial score (nSPS) is 15.9. The number of allylic oxidation sites excluding steroid dienone is 2. The first kappa shape index (κ1) is 19.4. The summed E-state index contributed by atoms with van der Waals surface area (Å²) in [7, 11) is 2.49. The van der Waals surface area contributed by atoms with Gasteiger partial charge in [0, 0.05) is 23.5 Å². The Hall–Kier alpha value is -3.35. The van der Waals surface area contributed by atoms with Crippen molar-refractivity contribution in [3.63, 3.8) is 0 Å². The number of benzene rings is 1. The average Bonchev–Trinajstić information content (AvgIpc) is 3.53. The van der Waals surface area contributed by atoms with Crippen molar-refractivity contribution in [2.45, 2.75) is 25.8 Å². The van der Waals surface area contributed by atoms with Crippen molar-refractivity contribution in [1.29, 1.82) is 0 Å². The van der Waals surface area contributed by atoms with E-state index in [0.29, 0.717) is 11.3 Å². The second kappa shape index (κ2) is 8.12. The second-order valence-electron chi connectivity index (χ2n) is 6.57. The molecule has 2 aliphatic rings. The predicted molar refractivity (Wildman–Crippen MR) is 103 cm³/mol. The molecule has 1 heterocycles. The third-order valence-corrected chi connectivity index (χ3v) is 4.53. The summed E-state index contributed by atoms with van der Waals surface area (Å²) in [6.07, 6.45) is 8.44. The minimum absolute atomic E-state index is 0.0159. The van der Waals surface area contributed by atoms with Crippen LogP contribution < -0.4 is 10.2 Å². The molecule has 1 saturated carbocycles. The molecular weight excluding hydrogens is 360 g/mol. The quantitative estimate of drug-likeness (QED) is 0.787. The van der Waals surface area contributed by atoms with Crippen LogP contribution in [0.15, 0.2) is 53.9 Å². The van der Waals surface area contributed by atoms with Crippen LogP contribution in [0.4, 0.5) is 5.69 Å². The highest BCUT2D eigenvalue weighted by atomic mass is 16.5. The van der Waals surface area contributed by atoms with Gasteiger partial charge in [0.05, 0.1) is 19.8 Å². The number of methoxy groups -OCH3 is 2. The lowest BCUT2D eigenvalue weighted by Crippen LogP contribution is -2.28. The van der Waals surface area contributed by atoms with E-state index in [4.69, 9.17) is 9.47 Å². The molecular formula is C21H22N2O5. The van der Waals surface area contributed by atoms with Crippen LogP contribution in [-0.4, -0.2) is 38.1 Å². The summed E-state index contributed by atoms with van der Waals surface area (Å²) in [5.74, 6) is -1.52. The van der Waals surface area contributed by atoms with E-state index in [2.05, 4.69) is 5.32 Å². The molecule has 0 atom stereocenters. The molecule has 0 spiro atoms. The van der Waals surface area contributed by atoms with Crippen molar-refractivity contribution in [1.82, 2.24) is 5.32 Å². The minimum Gasteiger partial charge on any atom is -0.465 e. The van der Waals surface area contributed by atoms with E-state index in [-0.39, 0.29) is 23.2 Å². The van der Waals surface area contributed by atoms with Crippen LogP contribution in [0, 0.1) is 6.92 Å². The lowest BCUT2D eigenvalue weighted by atomic mass is 10.1. The van der Waals surface area contributed by atoms with Gasteiger partial charge in [0.15, 0.2) is 0 Å². The molecule has 0 radical (unpaired) electrons. The zero-order chi connectivity index (χ0) is 20.3. The first-order valence-electron chi connectivity index (χ1n) is 8.92. The minimum atomic E-state index is -0.691. The van der Waals surface area contributed by atoms with Crippen LogP contribution in [-0.2, 0) is 19.1 Å². The van der Waals surface area contributed by atoms with Crippen molar-refractivity contribution < 1.29 is 23.9 Å². The van der Waals surface area contributed by atoms with Crippen molar-refractivity contribution in [3.8, 4) is 0 Å². The highest BCUT2D eigenvalue weighted by Crippen LogP contribution is 2.30. The van der Waals surface area contributed by atoms with Crippen molar-refractivity contribution in [3.05, 3.63) is 65.0 Å². The number of nitrogens with zero attached hydrogens (tertiary/aromatic N) is 1. The third-order valence-electron chi connectivity index (χ3n) is 4.53. The SMILES string of the molecule is COC(=O)C1=C(C(=O)OC)N(c2cc(C(=O)NC3CC3)ccc2C)C=CC=C1. The van der Waals surface area contributed by atoms with Gasteiger partial charge >= 0.3 is 11.9 Å². The molecule has 0 unspecified atom stereocenters. The molecule has 0 bridgehead atoms. The summed E-state index contributed by atoms with van der Waals surface area (Å²) in [6, 6.07) is 5.46. The van der Waals surface area contributed by atoms with Crippen LogP contribution in [0.5, 0.6) is 0 Å². The third kappa shape index (κ3) is 3.98. The van der Waals surface area contributed by atoms with E-state index in [9.17, 15) is 14.4 Å². The predicted octanol–water partition coefficient (Wildman–Crippen LogP) is 2.38. The topological polar surface area (TPSA) is 84.9 Å². The molecule has 1 aromatic rings. The fourth-order valence-corrected chi connectivity index (χ4v) is 2.86. The molecule has 1 N–H and O–H groups in total. The number of amides is 1. The highest BCUT2D eigenvalue weighted by Gasteiger charge is 2.29. The molecule has 7 heteroatoms. The Balaban J connectivity index is 2.09. The number of nitrogens with one attached hydrogen (secondary N) is 1. The molecule has 0 aromatic heterocycles. The lowest BCUT2D eigenvalue weighted by Gasteiger charge is -2.25. The monoisotopic (exact) mass is 382 g/mol. The maximum Gasteiger partial charge on any atom is 0.355 e.